The van der Waals surface area contributed by atoms with Gasteiger partial charge in [0.15, 0.2) is 0 Å². The third-order valence-electron chi connectivity index (χ3n) is 6.92. The summed E-state index contributed by atoms with van der Waals surface area (Å²) in [4.78, 5) is 31.7. The maximum absolute atomic E-state index is 13.3. The fourth-order valence-electron chi connectivity index (χ4n) is 4.77. The number of hydrogen-bond acceptors (Lipinski definition) is 3. The van der Waals surface area contributed by atoms with E-state index in [4.69, 9.17) is 0 Å². The van der Waals surface area contributed by atoms with Crippen LogP contribution in [-0.4, -0.2) is 58.9 Å². The van der Waals surface area contributed by atoms with Gasteiger partial charge in [0.25, 0.3) is 5.91 Å². The van der Waals surface area contributed by atoms with Crippen molar-refractivity contribution in [2.75, 3.05) is 26.7 Å². The number of likely N-dealkylation sites (N-methyl/N-ethyl adjacent to an activating group) is 1. The average molecular weight is 406 g/mol. The summed E-state index contributed by atoms with van der Waals surface area (Å²) >= 11 is 0. The van der Waals surface area contributed by atoms with Gasteiger partial charge in [-0.1, -0.05) is 67.6 Å². The predicted molar refractivity (Wildman–Crippen MR) is 118 cm³/mol. The molecule has 2 aromatic carbocycles. The first-order valence-corrected chi connectivity index (χ1v) is 10.9. The van der Waals surface area contributed by atoms with Crippen LogP contribution < -0.4 is 0 Å². The van der Waals surface area contributed by atoms with Crippen LogP contribution in [0.1, 0.15) is 43.2 Å². The van der Waals surface area contributed by atoms with Gasteiger partial charge in [0.05, 0.1) is 6.54 Å². The smallest absolute Gasteiger partial charge is 0.312 e. The van der Waals surface area contributed by atoms with E-state index >= 15 is 0 Å². The second-order valence-electron chi connectivity index (χ2n) is 8.69. The van der Waals surface area contributed by atoms with Crippen molar-refractivity contribution in [3.63, 3.8) is 0 Å². The first-order valence-electron chi connectivity index (χ1n) is 10.9. The van der Waals surface area contributed by atoms with Gasteiger partial charge < -0.3 is 9.80 Å². The Morgan fingerprint density at radius 1 is 0.933 bits per heavy atom. The number of amides is 3. The molecule has 4 rings (SSSR count). The molecule has 30 heavy (non-hydrogen) atoms. The molecule has 2 aromatic rings. The number of urea groups is 1. The van der Waals surface area contributed by atoms with Gasteiger partial charge in [-0.15, -0.1) is 0 Å². The van der Waals surface area contributed by atoms with E-state index in [9.17, 15) is 9.59 Å². The zero-order valence-corrected chi connectivity index (χ0v) is 18.0. The number of hydrogen-bond donors (Lipinski definition) is 0. The summed E-state index contributed by atoms with van der Waals surface area (Å²) in [6.07, 6.45) is 2.51. The minimum Gasteiger partial charge on any atom is -0.312 e. The van der Waals surface area contributed by atoms with Crippen molar-refractivity contribution in [1.29, 1.82) is 0 Å². The maximum Gasteiger partial charge on any atom is 0.327 e. The molecule has 0 aromatic heterocycles. The molecule has 3 amide bonds. The zero-order chi connectivity index (χ0) is 21.1. The lowest BCUT2D eigenvalue weighted by Crippen LogP contribution is -2.55. The Morgan fingerprint density at radius 2 is 1.53 bits per heavy atom. The Balaban J connectivity index is 1.36. The van der Waals surface area contributed by atoms with Gasteiger partial charge in [0.1, 0.15) is 5.54 Å². The third-order valence-corrected chi connectivity index (χ3v) is 6.92. The highest BCUT2D eigenvalue weighted by molar-refractivity contribution is 6.06. The second-order valence-corrected chi connectivity index (χ2v) is 8.69. The van der Waals surface area contributed by atoms with E-state index in [1.54, 1.807) is 11.9 Å². The number of rotatable bonds is 6. The molecular formula is C25H31N3O2. The standard InChI is InChI=1S/C25H31N3O2/c1-20(22-11-7-4-8-12-22)13-16-27-17-14-25(15-18-27)23(29)28(24(30)26(25)2)19-21-9-5-3-6-10-21/h3-12,20H,13-19H2,1-2H3. The molecule has 0 saturated carbocycles. The lowest BCUT2D eigenvalue weighted by atomic mass is 9.86. The maximum atomic E-state index is 13.3. The fraction of sp³-hybridized carbons (Fsp3) is 0.440. The number of nitrogens with zero attached hydrogens (tertiary/aromatic N) is 3. The van der Waals surface area contributed by atoms with E-state index in [2.05, 4.69) is 42.2 Å². The Morgan fingerprint density at radius 3 is 2.17 bits per heavy atom. The zero-order valence-electron chi connectivity index (χ0n) is 18.0. The van der Waals surface area contributed by atoms with Crippen LogP contribution in [0.25, 0.3) is 0 Å². The molecular weight excluding hydrogens is 374 g/mol. The average Bonchev–Trinajstić information content (AvgIpc) is 2.96. The number of carbonyl (C=O) groups excluding carboxylic acids is 2. The Kier molecular flexibility index (Phi) is 5.91. The summed E-state index contributed by atoms with van der Waals surface area (Å²) in [7, 11) is 1.79. The molecule has 1 spiro atoms. The molecule has 2 saturated heterocycles. The van der Waals surface area contributed by atoms with Crippen LogP contribution in [0.2, 0.25) is 0 Å². The van der Waals surface area contributed by atoms with Crippen molar-refractivity contribution >= 4 is 11.9 Å². The monoisotopic (exact) mass is 405 g/mol. The van der Waals surface area contributed by atoms with Crippen molar-refractivity contribution in [3.05, 3.63) is 71.8 Å². The van der Waals surface area contributed by atoms with E-state index < -0.39 is 5.54 Å². The quantitative estimate of drug-likeness (QED) is 0.680. The number of carbonyl (C=O) groups is 2. The van der Waals surface area contributed by atoms with Gasteiger partial charge in [-0.05, 0) is 42.9 Å². The number of piperidine rings is 1. The molecule has 1 unspecified atom stereocenters. The Labute approximate surface area is 179 Å². The summed E-state index contributed by atoms with van der Waals surface area (Å²) in [5.41, 5.74) is 1.68. The molecule has 2 heterocycles. The number of benzene rings is 2. The van der Waals surface area contributed by atoms with E-state index in [1.807, 2.05) is 30.3 Å². The van der Waals surface area contributed by atoms with E-state index in [0.717, 1.165) is 31.6 Å². The predicted octanol–water partition coefficient (Wildman–Crippen LogP) is 4.11. The van der Waals surface area contributed by atoms with Gasteiger partial charge in [0, 0.05) is 20.1 Å². The van der Waals surface area contributed by atoms with E-state index in [-0.39, 0.29) is 11.9 Å². The molecule has 2 aliphatic rings. The van der Waals surface area contributed by atoms with Crippen LogP contribution in [-0.2, 0) is 11.3 Å². The molecule has 1 atom stereocenters. The first kappa shape index (κ1) is 20.6. The van der Waals surface area contributed by atoms with E-state index in [0.29, 0.717) is 25.3 Å². The summed E-state index contributed by atoms with van der Waals surface area (Å²) in [5, 5.41) is 0. The summed E-state index contributed by atoms with van der Waals surface area (Å²) in [6.45, 7) is 5.35. The molecule has 5 heteroatoms. The van der Waals surface area contributed by atoms with Crippen molar-refractivity contribution in [2.24, 2.45) is 0 Å². The first-order chi connectivity index (χ1) is 14.5. The van der Waals surface area contributed by atoms with Crippen molar-refractivity contribution in [1.82, 2.24) is 14.7 Å². The normalized spacial score (nSPS) is 20.2. The highest BCUT2D eigenvalue weighted by Crippen LogP contribution is 2.37. The van der Waals surface area contributed by atoms with Crippen molar-refractivity contribution < 1.29 is 9.59 Å². The summed E-state index contributed by atoms with van der Waals surface area (Å²) in [5.74, 6) is 0.483. The molecule has 2 fully saturated rings. The highest BCUT2D eigenvalue weighted by Gasteiger charge is 2.56. The van der Waals surface area contributed by atoms with Crippen LogP contribution in [0.15, 0.2) is 60.7 Å². The molecule has 0 radical (unpaired) electrons. The summed E-state index contributed by atoms with van der Waals surface area (Å²) < 4.78 is 0. The van der Waals surface area contributed by atoms with Gasteiger partial charge in [-0.25, -0.2) is 4.79 Å². The Bertz CT molecular complexity index is 876. The second kappa shape index (κ2) is 8.60. The number of imide groups is 1. The van der Waals surface area contributed by atoms with Gasteiger partial charge in [-0.2, -0.15) is 0 Å². The molecule has 0 bridgehead atoms. The van der Waals surface area contributed by atoms with Crippen LogP contribution >= 0.6 is 0 Å². The van der Waals surface area contributed by atoms with Crippen LogP contribution in [0.5, 0.6) is 0 Å². The lowest BCUT2D eigenvalue weighted by molar-refractivity contribution is -0.135. The molecule has 0 aliphatic carbocycles. The SMILES string of the molecule is CC(CCN1CCC2(CC1)C(=O)N(Cc1ccccc1)C(=O)N2C)c1ccccc1. The Hall–Kier alpha value is -2.66. The largest absolute Gasteiger partial charge is 0.327 e. The highest BCUT2D eigenvalue weighted by atomic mass is 16.2. The minimum atomic E-state index is -0.673. The van der Waals surface area contributed by atoms with Crippen LogP contribution in [0.3, 0.4) is 0 Å². The van der Waals surface area contributed by atoms with Crippen molar-refractivity contribution in [2.45, 2.75) is 44.2 Å². The fourth-order valence-corrected chi connectivity index (χ4v) is 4.77. The molecule has 5 nitrogen and oxygen atoms in total. The third kappa shape index (κ3) is 3.86. The number of likely N-dealkylation sites (tertiary alicyclic amines) is 1. The van der Waals surface area contributed by atoms with E-state index in [1.165, 1.54) is 10.5 Å². The van der Waals surface area contributed by atoms with Gasteiger partial charge in [0.2, 0.25) is 0 Å². The van der Waals surface area contributed by atoms with Crippen LogP contribution in [0.4, 0.5) is 4.79 Å². The van der Waals surface area contributed by atoms with Gasteiger partial charge in [-0.3, -0.25) is 9.69 Å². The minimum absolute atomic E-state index is 0.0313. The van der Waals surface area contributed by atoms with Gasteiger partial charge >= 0.3 is 6.03 Å². The topological polar surface area (TPSA) is 43.9 Å². The molecule has 2 aliphatic heterocycles. The van der Waals surface area contributed by atoms with Crippen LogP contribution in [0, 0.1) is 0 Å². The van der Waals surface area contributed by atoms with Crippen molar-refractivity contribution in [3.8, 4) is 0 Å². The lowest BCUT2D eigenvalue weighted by Gasteiger charge is -2.41. The molecule has 158 valence electrons. The molecule has 0 N–H and O–H groups in total. The summed E-state index contributed by atoms with van der Waals surface area (Å²) in [6, 6.07) is 20.2.